The van der Waals surface area contributed by atoms with Crippen LogP contribution in [0.25, 0.3) is 0 Å². The van der Waals surface area contributed by atoms with Gasteiger partial charge >= 0.3 is 0 Å². The summed E-state index contributed by atoms with van der Waals surface area (Å²) in [6.07, 6.45) is 4.96. The Hall–Kier alpha value is -2.78. The molecule has 0 aromatic heterocycles. The Morgan fingerprint density at radius 2 is 1.56 bits per heavy atom. The lowest BCUT2D eigenvalue weighted by atomic mass is 9.95. The molecule has 1 aliphatic carbocycles. The lowest BCUT2D eigenvalue weighted by Crippen LogP contribution is -2.53. The van der Waals surface area contributed by atoms with Gasteiger partial charge in [0.05, 0.1) is 15.6 Å². The van der Waals surface area contributed by atoms with Crippen molar-refractivity contribution >= 4 is 62.3 Å². The summed E-state index contributed by atoms with van der Waals surface area (Å²) >= 11 is 19.0. The predicted molar refractivity (Wildman–Crippen MR) is 164 cm³/mol. The van der Waals surface area contributed by atoms with Gasteiger partial charge in [-0.05, 0) is 61.7 Å². The van der Waals surface area contributed by atoms with Crippen LogP contribution in [0.2, 0.25) is 15.1 Å². The van der Waals surface area contributed by atoms with Crippen LogP contribution >= 0.6 is 34.8 Å². The first-order chi connectivity index (χ1) is 19.6. The number of hydrogen-bond acceptors (Lipinski definition) is 4. The molecule has 11 heteroatoms. The fourth-order valence-electron chi connectivity index (χ4n) is 4.87. The number of nitrogens with one attached hydrogen (secondary N) is 1. The molecule has 4 rings (SSSR count). The lowest BCUT2D eigenvalue weighted by Gasteiger charge is -2.33. The molecule has 3 aromatic carbocycles. The highest BCUT2D eigenvalue weighted by molar-refractivity contribution is 7.92. The van der Waals surface area contributed by atoms with Crippen molar-refractivity contribution in [2.75, 3.05) is 10.8 Å². The zero-order valence-corrected chi connectivity index (χ0v) is 25.7. The Balaban J connectivity index is 1.69. The molecule has 41 heavy (non-hydrogen) atoms. The average molecular weight is 637 g/mol. The molecule has 3 aromatic rings. The number of benzene rings is 3. The van der Waals surface area contributed by atoms with Gasteiger partial charge in [0.1, 0.15) is 12.6 Å². The van der Waals surface area contributed by atoms with Gasteiger partial charge in [0, 0.05) is 22.6 Å². The second-order valence-electron chi connectivity index (χ2n) is 10.1. The molecule has 1 aliphatic rings. The minimum Gasteiger partial charge on any atom is -0.352 e. The van der Waals surface area contributed by atoms with Crippen LogP contribution in [0.15, 0.2) is 77.7 Å². The topological polar surface area (TPSA) is 86.8 Å². The Kier molecular flexibility index (Phi) is 10.6. The smallest absolute Gasteiger partial charge is 0.264 e. The summed E-state index contributed by atoms with van der Waals surface area (Å²) in [7, 11) is -4.20. The quantitative estimate of drug-likeness (QED) is 0.268. The van der Waals surface area contributed by atoms with Gasteiger partial charge in [-0.3, -0.25) is 13.9 Å². The molecule has 0 unspecified atom stereocenters. The second kappa shape index (κ2) is 13.9. The fourth-order valence-corrected chi connectivity index (χ4v) is 7.08. The van der Waals surface area contributed by atoms with Crippen LogP contribution in [0.4, 0.5) is 5.69 Å². The van der Waals surface area contributed by atoms with Gasteiger partial charge in [-0.1, -0.05) is 90.5 Å². The number of hydrogen-bond donors (Lipinski definition) is 1. The Morgan fingerprint density at radius 3 is 2.22 bits per heavy atom. The lowest BCUT2D eigenvalue weighted by molar-refractivity contribution is -0.139. The molecule has 1 fully saturated rings. The Morgan fingerprint density at radius 1 is 0.902 bits per heavy atom. The van der Waals surface area contributed by atoms with E-state index in [2.05, 4.69) is 5.32 Å². The first-order valence-electron chi connectivity index (χ1n) is 13.4. The Labute approximate surface area is 256 Å². The number of anilines is 1. The van der Waals surface area contributed by atoms with Gasteiger partial charge in [-0.2, -0.15) is 0 Å². The van der Waals surface area contributed by atoms with Gasteiger partial charge in [0.15, 0.2) is 0 Å². The molecule has 1 saturated carbocycles. The average Bonchev–Trinajstić information content (AvgIpc) is 2.96. The third kappa shape index (κ3) is 7.74. The van der Waals surface area contributed by atoms with Crippen molar-refractivity contribution in [2.45, 2.75) is 62.6 Å². The molecular weight excluding hydrogens is 605 g/mol. The van der Waals surface area contributed by atoms with E-state index in [-0.39, 0.29) is 34.1 Å². The van der Waals surface area contributed by atoms with E-state index in [0.29, 0.717) is 15.6 Å². The summed E-state index contributed by atoms with van der Waals surface area (Å²) in [5.74, 6) is -0.910. The van der Waals surface area contributed by atoms with Crippen LogP contribution in [0.3, 0.4) is 0 Å². The molecule has 2 amide bonds. The maximum Gasteiger partial charge on any atom is 0.264 e. The standard InChI is InChI=1S/C30H32Cl3N3O4S/c1-21(30(38)34-24-10-4-2-5-11-24)35(19-22-16-17-23(31)18-27(22)33)29(37)20-36(28-15-9-8-14-26(28)32)41(39,40)25-12-6-3-7-13-25/h3,6-9,12-18,21,24H,2,4-5,10-11,19-20H2,1H3,(H,34,38)/t21-/m0/s1. The number of amides is 2. The van der Waals surface area contributed by atoms with Gasteiger partial charge in [-0.15, -0.1) is 0 Å². The molecule has 0 bridgehead atoms. The number of carbonyl (C=O) groups excluding carboxylic acids is 2. The molecule has 0 saturated heterocycles. The number of halogens is 3. The largest absolute Gasteiger partial charge is 0.352 e. The van der Waals surface area contributed by atoms with E-state index >= 15 is 0 Å². The van der Waals surface area contributed by atoms with E-state index in [9.17, 15) is 18.0 Å². The minimum absolute atomic E-state index is 0.00288. The number of sulfonamides is 1. The van der Waals surface area contributed by atoms with Crippen molar-refractivity contribution in [1.29, 1.82) is 0 Å². The molecule has 1 atom stereocenters. The van der Waals surface area contributed by atoms with Crippen LogP contribution in [0.1, 0.15) is 44.6 Å². The Bertz CT molecular complexity index is 1480. The van der Waals surface area contributed by atoms with Crippen molar-refractivity contribution in [2.24, 2.45) is 0 Å². The van der Waals surface area contributed by atoms with E-state index in [0.717, 1.165) is 36.4 Å². The fraction of sp³-hybridized carbons (Fsp3) is 0.333. The van der Waals surface area contributed by atoms with Crippen LogP contribution < -0.4 is 9.62 Å². The molecule has 0 aliphatic heterocycles. The van der Waals surface area contributed by atoms with Gasteiger partial charge in [0.25, 0.3) is 10.0 Å². The molecular formula is C30H32Cl3N3O4S. The van der Waals surface area contributed by atoms with E-state index in [4.69, 9.17) is 34.8 Å². The maximum atomic E-state index is 14.1. The SMILES string of the molecule is C[C@@H](C(=O)NC1CCCCC1)N(Cc1ccc(Cl)cc1Cl)C(=O)CN(c1ccccc1Cl)S(=O)(=O)c1ccccc1. The van der Waals surface area contributed by atoms with Crippen molar-refractivity contribution in [3.05, 3.63) is 93.4 Å². The first kappa shape index (κ1) is 31.2. The molecule has 0 spiro atoms. The zero-order valence-electron chi connectivity index (χ0n) is 22.6. The normalized spacial score (nSPS) is 14.7. The number of nitrogens with zero attached hydrogens (tertiary/aromatic N) is 2. The van der Waals surface area contributed by atoms with Crippen LogP contribution in [0.5, 0.6) is 0 Å². The summed E-state index contributed by atoms with van der Waals surface area (Å²) < 4.78 is 28.7. The third-order valence-corrected chi connectivity index (χ3v) is 9.89. The molecule has 218 valence electrons. The first-order valence-corrected chi connectivity index (χ1v) is 16.0. The predicted octanol–water partition coefficient (Wildman–Crippen LogP) is 6.71. The molecule has 0 radical (unpaired) electrons. The number of para-hydroxylation sites is 1. The summed E-state index contributed by atoms with van der Waals surface area (Å²) in [6.45, 7) is 1.01. The monoisotopic (exact) mass is 635 g/mol. The summed E-state index contributed by atoms with van der Waals surface area (Å²) in [6, 6.07) is 18.2. The summed E-state index contributed by atoms with van der Waals surface area (Å²) in [4.78, 5) is 28.8. The highest BCUT2D eigenvalue weighted by Gasteiger charge is 2.34. The summed E-state index contributed by atoms with van der Waals surface area (Å²) in [5.41, 5.74) is 0.715. The van der Waals surface area contributed by atoms with Crippen LogP contribution in [0, 0.1) is 0 Å². The highest BCUT2D eigenvalue weighted by atomic mass is 35.5. The highest BCUT2D eigenvalue weighted by Crippen LogP contribution is 2.31. The van der Waals surface area contributed by atoms with E-state index in [1.807, 2.05) is 0 Å². The van der Waals surface area contributed by atoms with Crippen LogP contribution in [-0.2, 0) is 26.2 Å². The van der Waals surface area contributed by atoms with E-state index in [1.54, 1.807) is 61.5 Å². The second-order valence-corrected chi connectivity index (χ2v) is 13.2. The van der Waals surface area contributed by atoms with Crippen molar-refractivity contribution in [3.63, 3.8) is 0 Å². The molecule has 0 heterocycles. The van der Waals surface area contributed by atoms with Crippen LogP contribution in [-0.4, -0.2) is 43.8 Å². The number of rotatable bonds is 10. The van der Waals surface area contributed by atoms with Crippen molar-refractivity contribution < 1.29 is 18.0 Å². The zero-order chi connectivity index (χ0) is 29.6. The van der Waals surface area contributed by atoms with Gasteiger partial charge in [-0.25, -0.2) is 8.42 Å². The van der Waals surface area contributed by atoms with Gasteiger partial charge < -0.3 is 10.2 Å². The van der Waals surface area contributed by atoms with Crippen molar-refractivity contribution in [3.8, 4) is 0 Å². The molecule has 7 nitrogen and oxygen atoms in total. The van der Waals surface area contributed by atoms with E-state index in [1.165, 1.54) is 23.1 Å². The van der Waals surface area contributed by atoms with E-state index < -0.39 is 28.5 Å². The third-order valence-electron chi connectivity index (χ3n) is 7.21. The summed E-state index contributed by atoms with van der Waals surface area (Å²) in [5, 5.41) is 3.99. The number of carbonyl (C=O) groups is 2. The van der Waals surface area contributed by atoms with Gasteiger partial charge in [0.2, 0.25) is 11.8 Å². The van der Waals surface area contributed by atoms with Crippen molar-refractivity contribution in [1.82, 2.24) is 10.2 Å². The maximum absolute atomic E-state index is 14.1. The minimum atomic E-state index is -4.20. The molecule has 1 N–H and O–H groups in total.